The van der Waals surface area contributed by atoms with Gasteiger partial charge in [-0.05, 0) is 24.3 Å². The van der Waals surface area contributed by atoms with Crippen molar-refractivity contribution in [1.29, 1.82) is 0 Å². The van der Waals surface area contributed by atoms with E-state index in [1.165, 1.54) is 24.3 Å². The molecule has 3 aromatic rings. The lowest BCUT2D eigenvalue weighted by Gasteiger charge is -2.05. The summed E-state index contributed by atoms with van der Waals surface area (Å²) in [7, 11) is -4.27. The number of anilines is 2. The molecule has 9 heteroatoms. The molecule has 0 fully saturated rings. The van der Waals surface area contributed by atoms with E-state index in [9.17, 15) is 13.2 Å². The summed E-state index contributed by atoms with van der Waals surface area (Å²) >= 11 is 0. The van der Waals surface area contributed by atoms with Gasteiger partial charge in [0.05, 0.1) is 4.90 Å². The van der Waals surface area contributed by atoms with Crippen LogP contribution in [-0.4, -0.2) is 24.2 Å². The highest BCUT2D eigenvalue weighted by molar-refractivity contribution is 7.85. The van der Waals surface area contributed by atoms with Crippen molar-refractivity contribution in [3.63, 3.8) is 0 Å². The lowest BCUT2D eigenvalue weighted by molar-refractivity contribution is 0.262. The molecule has 1 heterocycles. The second kappa shape index (κ2) is 6.75. The zero-order valence-electron chi connectivity index (χ0n) is 12.7. The summed E-state index contributed by atoms with van der Waals surface area (Å²) in [6.45, 7) is 0. The smallest absolute Gasteiger partial charge is 0.324 e. The SMILES string of the molecule is O=C(Nc1ccc(S(=O)(=O)O)cc1)Nc1cc(-c2ccccc2)on1. The van der Waals surface area contributed by atoms with Crippen LogP contribution in [0, 0.1) is 0 Å². The number of nitrogens with one attached hydrogen (secondary N) is 2. The summed E-state index contributed by atoms with van der Waals surface area (Å²) in [5.41, 5.74) is 1.17. The van der Waals surface area contributed by atoms with Gasteiger partial charge in [0.1, 0.15) is 0 Å². The monoisotopic (exact) mass is 359 g/mol. The predicted molar refractivity (Wildman–Crippen MR) is 90.8 cm³/mol. The average molecular weight is 359 g/mol. The molecule has 1 aromatic heterocycles. The first-order valence-corrected chi connectivity index (χ1v) is 8.53. The summed E-state index contributed by atoms with van der Waals surface area (Å²) in [5, 5.41) is 8.77. The molecular formula is C16H13N3O5S. The molecule has 0 atom stereocenters. The van der Waals surface area contributed by atoms with Gasteiger partial charge in [-0.3, -0.25) is 9.87 Å². The van der Waals surface area contributed by atoms with Crippen LogP contribution in [-0.2, 0) is 10.1 Å². The number of hydrogen-bond donors (Lipinski definition) is 3. The normalized spacial score (nSPS) is 11.1. The van der Waals surface area contributed by atoms with E-state index in [-0.39, 0.29) is 10.7 Å². The molecule has 0 aliphatic rings. The third kappa shape index (κ3) is 4.22. The minimum absolute atomic E-state index is 0.228. The number of benzene rings is 2. The maximum absolute atomic E-state index is 11.9. The standard InChI is InChI=1S/C16H13N3O5S/c20-16(17-12-6-8-13(9-7-12)25(21,22)23)18-15-10-14(24-19-15)11-4-2-1-3-5-11/h1-10H,(H,21,22,23)(H2,17,18,19,20). The molecule has 0 saturated carbocycles. The van der Waals surface area contributed by atoms with Gasteiger partial charge in [0.25, 0.3) is 10.1 Å². The van der Waals surface area contributed by atoms with Gasteiger partial charge < -0.3 is 9.84 Å². The van der Waals surface area contributed by atoms with Crippen molar-refractivity contribution in [3.8, 4) is 11.3 Å². The fraction of sp³-hybridized carbons (Fsp3) is 0. The van der Waals surface area contributed by atoms with Crippen molar-refractivity contribution in [3.05, 3.63) is 60.7 Å². The molecule has 0 saturated heterocycles. The molecule has 0 bridgehead atoms. The van der Waals surface area contributed by atoms with Crippen LogP contribution in [0.4, 0.5) is 16.3 Å². The van der Waals surface area contributed by atoms with Crippen LogP contribution >= 0.6 is 0 Å². The average Bonchev–Trinajstić information content (AvgIpc) is 3.03. The zero-order chi connectivity index (χ0) is 17.9. The third-order valence-electron chi connectivity index (χ3n) is 3.22. The Hall–Kier alpha value is -3.17. The number of nitrogens with zero attached hydrogens (tertiary/aromatic N) is 1. The first-order chi connectivity index (χ1) is 11.9. The molecule has 25 heavy (non-hydrogen) atoms. The minimum atomic E-state index is -4.27. The predicted octanol–water partition coefficient (Wildman–Crippen LogP) is 3.23. The van der Waals surface area contributed by atoms with Crippen LogP contribution in [0.1, 0.15) is 0 Å². The van der Waals surface area contributed by atoms with E-state index in [1.807, 2.05) is 30.3 Å². The van der Waals surface area contributed by atoms with Crippen molar-refractivity contribution in [2.24, 2.45) is 0 Å². The van der Waals surface area contributed by atoms with E-state index in [2.05, 4.69) is 15.8 Å². The van der Waals surface area contributed by atoms with E-state index in [0.29, 0.717) is 11.4 Å². The Morgan fingerprint density at radius 1 is 1.00 bits per heavy atom. The van der Waals surface area contributed by atoms with Crippen LogP contribution in [0.25, 0.3) is 11.3 Å². The molecule has 0 radical (unpaired) electrons. The largest absolute Gasteiger partial charge is 0.354 e. The summed E-state index contributed by atoms with van der Waals surface area (Å²) in [6, 6.07) is 15.3. The fourth-order valence-electron chi connectivity index (χ4n) is 2.06. The Bertz CT molecular complexity index is 982. The minimum Gasteiger partial charge on any atom is -0.354 e. The Balaban J connectivity index is 1.64. The lowest BCUT2D eigenvalue weighted by Crippen LogP contribution is -2.19. The second-order valence-corrected chi connectivity index (χ2v) is 6.44. The van der Waals surface area contributed by atoms with Crippen LogP contribution in [0.2, 0.25) is 0 Å². The quantitative estimate of drug-likeness (QED) is 0.615. The Labute approximate surface area is 143 Å². The van der Waals surface area contributed by atoms with Gasteiger partial charge in [-0.15, -0.1) is 0 Å². The number of carbonyl (C=O) groups excluding carboxylic acids is 1. The Kier molecular flexibility index (Phi) is 4.50. The second-order valence-electron chi connectivity index (χ2n) is 5.02. The summed E-state index contributed by atoms with van der Waals surface area (Å²) in [5.74, 6) is 0.735. The molecule has 2 aromatic carbocycles. The molecule has 0 unspecified atom stereocenters. The molecule has 8 nitrogen and oxygen atoms in total. The van der Waals surface area contributed by atoms with Gasteiger partial charge in [-0.1, -0.05) is 35.5 Å². The number of amides is 2. The zero-order valence-corrected chi connectivity index (χ0v) is 13.5. The molecule has 0 aliphatic carbocycles. The Morgan fingerprint density at radius 3 is 2.32 bits per heavy atom. The van der Waals surface area contributed by atoms with Gasteiger partial charge in [-0.25, -0.2) is 4.79 Å². The van der Waals surface area contributed by atoms with Crippen LogP contribution in [0.3, 0.4) is 0 Å². The number of carbonyl (C=O) groups is 1. The summed E-state index contributed by atoms with van der Waals surface area (Å²) < 4.78 is 36.0. The van der Waals surface area contributed by atoms with Crippen molar-refractivity contribution in [1.82, 2.24) is 5.16 Å². The first-order valence-electron chi connectivity index (χ1n) is 7.09. The molecule has 3 N–H and O–H groups in total. The van der Waals surface area contributed by atoms with Gasteiger partial charge in [0.15, 0.2) is 11.6 Å². The summed E-state index contributed by atoms with van der Waals surface area (Å²) in [4.78, 5) is 11.7. The van der Waals surface area contributed by atoms with E-state index in [4.69, 9.17) is 9.08 Å². The van der Waals surface area contributed by atoms with Gasteiger partial charge in [-0.2, -0.15) is 8.42 Å². The van der Waals surface area contributed by atoms with Crippen LogP contribution in [0.5, 0.6) is 0 Å². The van der Waals surface area contributed by atoms with Crippen LogP contribution in [0.15, 0.2) is 70.1 Å². The molecule has 2 amide bonds. The van der Waals surface area contributed by atoms with Crippen molar-refractivity contribution >= 4 is 27.7 Å². The van der Waals surface area contributed by atoms with Gasteiger partial charge >= 0.3 is 6.03 Å². The molecular weight excluding hydrogens is 346 g/mol. The van der Waals surface area contributed by atoms with E-state index >= 15 is 0 Å². The maximum atomic E-state index is 11.9. The molecule has 3 rings (SSSR count). The summed E-state index contributed by atoms with van der Waals surface area (Å²) in [6.07, 6.45) is 0. The molecule has 128 valence electrons. The highest BCUT2D eigenvalue weighted by atomic mass is 32.2. The molecule has 0 spiro atoms. The van der Waals surface area contributed by atoms with Crippen molar-refractivity contribution in [2.75, 3.05) is 10.6 Å². The highest BCUT2D eigenvalue weighted by Crippen LogP contribution is 2.22. The number of aromatic nitrogens is 1. The topological polar surface area (TPSA) is 122 Å². The number of hydrogen-bond acceptors (Lipinski definition) is 5. The van der Waals surface area contributed by atoms with E-state index in [0.717, 1.165) is 5.56 Å². The van der Waals surface area contributed by atoms with Crippen LogP contribution < -0.4 is 10.6 Å². The van der Waals surface area contributed by atoms with Gasteiger partial charge in [0, 0.05) is 17.3 Å². The third-order valence-corrected chi connectivity index (χ3v) is 4.09. The number of rotatable bonds is 4. The fourth-order valence-corrected chi connectivity index (χ4v) is 2.54. The first kappa shape index (κ1) is 16.7. The van der Waals surface area contributed by atoms with E-state index in [1.54, 1.807) is 6.07 Å². The maximum Gasteiger partial charge on any atom is 0.324 e. The van der Waals surface area contributed by atoms with Crippen molar-refractivity contribution < 1.29 is 22.3 Å². The van der Waals surface area contributed by atoms with E-state index < -0.39 is 16.1 Å². The van der Waals surface area contributed by atoms with Crippen molar-refractivity contribution in [2.45, 2.75) is 4.90 Å². The highest BCUT2D eigenvalue weighted by Gasteiger charge is 2.11. The molecule has 0 aliphatic heterocycles. The lowest BCUT2D eigenvalue weighted by atomic mass is 10.2. The number of urea groups is 1. The Morgan fingerprint density at radius 2 is 1.68 bits per heavy atom. The van der Waals surface area contributed by atoms with Gasteiger partial charge in [0.2, 0.25) is 0 Å².